The van der Waals surface area contributed by atoms with Crippen molar-refractivity contribution in [1.29, 1.82) is 0 Å². The van der Waals surface area contributed by atoms with Crippen molar-refractivity contribution in [2.24, 2.45) is 29.6 Å². The molecule has 7 heterocycles. The van der Waals surface area contributed by atoms with E-state index >= 15 is 0 Å². The molecule has 0 aromatic carbocycles. The number of piperazine rings is 1. The Morgan fingerprint density at radius 2 is 0.839 bits per heavy atom. The summed E-state index contributed by atoms with van der Waals surface area (Å²) in [5, 5.41) is 16.5. The first-order valence-corrected chi connectivity index (χ1v) is 24.1. The van der Waals surface area contributed by atoms with Gasteiger partial charge in [0.15, 0.2) is 0 Å². The Kier molecular flexibility index (Phi) is 37.2. The molecule has 0 unspecified atom stereocenters. The van der Waals surface area contributed by atoms with Gasteiger partial charge in [-0.15, -0.1) is 0 Å². The molecule has 56 heavy (non-hydrogen) atoms. The minimum Gasteiger partial charge on any atom is -0.381 e. The van der Waals surface area contributed by atoms with Crippen LogP contribution in [0.1, 0.15) is 158 Å². The first-order valence-electron chi connectivity index (χ1n) is 24.1. The average Bonchev–Trinajstić information content (AvgIpc) is 3.22. The molecule has 0 aromatic rings. The standard InChI is InChI=1S/C7H14.2C6H13N.3C6H12O.C5H12N2.C5H11NO/c1-7-5-3-2-4-6-7;4*1-6-3-2-4-7-5-6;1-6-4-2-3-5-7-6;2*1-5-4-6-2-3-7-5/h7H,2-6H2,1H3;2*6-7H,2-5H2,1H3;3*6H,2-5H2,1H3;5-7H,2-4H2,1H3;5-6H,2-4H2,1H3/t;5*6-;2*5-/m.1010100/s1. The topological polar surface area (TPSA) is 97.1 Å². The van der Waals surface area contributed by atoms with Crippen LogP contribution in [0.5, 0.6) is 0 Å². The Labute approximate surface area is 349 Å². The Bertz CT molecular complexity index is 573. The Balaban J connectivity index is 0.000000320. The van der Waals surface area contributed by atoms with Gasteiger partial charge in [0, 0.05) is 71.8 Å². The maximum Gasteiger partial charge on any atom is 0.0672 e. The SMILES string of the molecule is CC1CCCCC1.C[C@@H]1CCCCO1.C[C@@H]1CCCNC1.C[C@@H]1CCCOC1.C[C@H]1CCCNC1.C[C@H]1CCCOC1.C[C@H]1CNCCN1.C[C@H]1CNCCO1. The molecule has 0 spiro atoms. The van der Waals surface area contributed by atoms with Gasteiger partial charge in [-0.25, -0.2) is 0 Å². The lowest BCUT2D eigenvalue weighted by atomic mass is 9.91. The third-order valence-corrected chi connectivity index (χ3v) is 11.5. The molecule has 7 aliphatic heterocycles. The van der Waals surface area contributed by atoms with Crippen LogP contribution in [-0.2, 0) is 18.9 Å². The van der Waals surface area contributed by atoms with E-state index in [4.69, 9.17) is 18.9 Å². The summed E-state index contributed by atoms with van der Waals surface area (Å²) in [6.07, 6.45) is 23.1. The fourth-order valence-electron chi connectivity index (χ4n) is 7.56. The summed E-state index contributed by atoms with van der Waals surface area (Å²) in [5.74, 6) is 4.51. The zero-order chi connectivity index (χ0) is 40.9. The second-order valence-corrected chi connectivity index (χ2v) is 18.4. The Hall–Kier alpha value is -0.360. The van der Waals surface area contributed by atoms with Crippen molar-refractivity contribution in [2.45, 2.75) is 176 Å². The molecule has 7 atom stereocenters. The lowest BCUT2D eigenvalue weighted by Crippen LogP contribution is -2.46. The maximum atomic E-state index is 5.28. The van der Waals surface area contributed by atoms with Crippen LogP contribution in [0.2, 0.25) is 0 Å². The molecule has 1 saturated carbocycles. The van der Waals surface area contributed by atoms with Gasteiger partial charge in [-0.3, -0.25) is 0 Å². The first kappa shape index (κ1) is 53.7. The van der Waals surface area contributed by atoms with E-state index in [1.807, 2.05) is 0 Å². The minimum absolute atomic E-state index is 0.425. The number of hydrogen-bond acceptors (Lipinski definition) is 9. The quantitative estimate of drug-likeness (QED) is 0.165. The molecule has 0 bridgehead atoms. The number of piperidine rings is 2. The van der Waals surface area contributed by atoms with E-state index in [1.165, 1.54) is 129 Å². The zero-order valence-corrected chi connectivity index (χ0v) is 38.7. The van der Waals surface area contributed by atoms with Crippen LogP contribution in [0.25, 0.3) is 0 Å². The van der Waals surface area contributed by atoms with Crippen molar-refractivity contribution in [3.05, 3.63) is 0 Å². The minimum atomic E-state index is 0.425. The van der Waals surface area contributed by atoms with E-state index in [1.54, 1.807) is 0 Å². The van der Waals surface area contributed by atoms with E-state index in [9.17, 15) is 0 Å². The lowest BCUT2D eigenvalue weighted by Gasteiger charge is -2.19. The second kappa shape index (κ2) is 38.8. The Morgan fingerprint density at radius 1 is 0.339 bits per heavy atom. The second-order valence-electron chi connectivity index (χ2n) is 18.4. The van der Waals surface area contributed by atoms with Gasteiger partial charge in [-0.2, -0.15) is 0 Å². The van der Waals surface area contributed by atoms with Gasteiger partial charge in [0.05, 0.1) is 18.8 Å². The highest BCUT2D eigenvalue weighted by molar-refractivity contribution is 4.69. The van der Waals surface area contributed by atoms with E-state index in [-0.39, 0.29) is 0 Å². The summed E-state index contributed by atoms with van der Waals surface area (Å²) < 4.78 is 20.9. The molecule has 5 N–H and O–H groups in total. The lowest BCUT2D eigenvalue weighted by molar-refractivity contribution is 0.0285. The third-order valence-electron chi connectivity index (χ3n) is 11.5. The molecule has 8 rings (SSSR count). The normalized spacial score (nSPS) is 32.0. The van der Waals surface area contributed by atoms with Gasteiger partial charge in [0.25, 0.3) is 0 Å². The predicted octanol–water partition coefficient (Wildman–Crippen LogP) is 8.60. The molecule has 9 nitrogen and oxygen atoms in total. The largest absolute Gasteiger partial charge is 0.381 e. The summed E-state index contributed by atoms with van der Waals surface area (Å²) in [5.41, 5.74) is 0. The van der Waals surface area contributed by atoms with Crippen LogP contribution >= 0.6 is 0 Å². The van der Waals surface area contributed by atoms with Crippen LogP contribution in [0, 0.1) is 29.6 Å². The van der Waals surface area contributed by atoms with E-state index in [0.29, 0.717) is 18.2 Å². The van der Waals surface area contributed by atoms with Crippen molar-refractivity contribution in [1.82, 2.24) is 26.6 Å². The van der Waals surface area contributed by atoms with Crippen molar-refractivity contribution >= 4 is 0 Å². The summed E-state index contributed by atoms with van der Waals surface area (Å²) in [6.45, 7) is 34.0. The molecule has 0 aromatic heterocycles. The fourth-order valence-corrected chi connectivity index (χ4v) is 7.56. The summed E-state index contributed by atoms with van der Waals surface area (Å²) in [7, 11) is 0. The predicted molar refractivity (Wildman–Crippen MR) is 241 cm³/mol. The molecule has 8 fully saturated rings. The van der Waals surface area contributed by atoms with Crippen molar-refractivity contribution in [3.8, 4) is 0 Å². The van der Waals surface area contributed by atoms with Crippen molar-refractivity contribution < 1.29 is 18.9 Å². The average molecular weight is 798 g/mol. The number of nitrogens with one attached hydrogen (secondary N) is 5. The van der Waals surface area contributed by atoms with Crippen LogP contribution in [0.15, 0.2) is 0 Å². The number of hydrogen-bond donors (Lipinski definition) is 5. The van der Waals surface area contributed by atoms with E-state index in [2.05, 4.69) is 82.0 Å². The van der Waals surface area contributed by atoms with Crippen molar-refractivity contribution in [3.63, 3.8) is 0 Å². The maximum absolute atomic E-state index is 5.28. The van der Waals surface area contributed by atoms with E-state index in [0.717, 1.165) is 102 Å². The zero-order valence-electron chi connectivity index (χ0n) is 38.7. The number of morpholine rings is 1. The molecule has 336 valence electrons. The summed E-state index contributed by atoms with van der Waals surface area (Å²) in [6, 6.07) is 0.675. The van der Waals surface area contributed by atoms with Crippen LogP contribution in [0.3, 0.4) is 0 Å². The number of rotatable bonds is 0. The highest BCUT2D eigenvalue weighted by Crippen LogP contribution is 2.22. The van der Waals surface area contributed by atoms with Gasteiger partial charge in [-0.05, 0) is 147 Å². The van der Waals surface area contributed by atoms with Crippen molar-refractivity contribution in [2.75, 3.05) is 98.5 Å². The molecular weight excluding hydrogens is 699 g/mol. The number of ether oxygens (including phenoxy) is 4. The van der Waals surface area contributed by atoms with Gasteiger partial charge in [0.2, 0.25) is 0 Å². The molecule has 8 aliphatic rings. The molecule has 7 saturated heterocycles. The van der Waals surface area contributed by atoms with Gasteiger partial charge >= 0.3 is 0 Å². The molecule has 9 heteroatoms. The molecule has 0 radical (unpaired) electrons. The van der Waals surface area contributed by atoms with Gasteiger partial charge < -0.3 is 45.5 Å². The van der Waals surface area contributed by atoms with Gasteiger partial charge in [0.1, 0.15) is 0 Å². The van der Waals surface area contributed by atoms with E-state index < -0.39 is 0 Å². The smallest absolute Gasteiger partial charge is 0.0672 e. The highest BCUT2D eigenvalue weighted by atomic mass is 16.5. The summed E-state index contributed by atoms with van der Waals surface area (Å²) in [4.78, 5) is 0. The van der Waals surface area contributed by atoms with Gasteiger partial charge in [-0.1, -0.05) is 66.7 Å². The Morgan fingerprint density at radius 3 is 1.05 bits per heavy atom. The first-order chi connectivity index (χ1) is 27.2. The molecule has 0 amide bonds. The monoisotopic (exact) mass is 798 g/mol. The van der Waals surface area contributed by atoms with Crippen LogP contribution in [-0.4, -0.2) is 117 Å². The van der Waals surface area contributed by atoms with Crippen LogP contribution in [0.4, 0.5) is 0 Å². The third kappa shape index (κ3) is 36.7. The molecular formula is C47H99N5O4. The molecule has 1 aliphatic carbocycles. The summed E-state index contributed by atoms with van der Waals surface area (Å²) >= 11 is 0. The highest BCUT2D eigenvalue weighted by Gasteiger charge is 2.10. The van der Waals surface area contributed by atoms with Crippen LogP contribution < -0.4 is 26.6 Å². The fraction of sp³-hybridized carbons (Fsp3) is 1.00.